The Bertz CT molecular complexity index is 1010. The van der Waals surface area contributed by atoms with E-state index in [0.717, 1.165) is 21.8 Å². The van der Waals surface area contributed by atoms with E-state index in [-0.39, 0.29) is 12.0 Å². The lowest BCUT2D eigenvalue weighted by atomic mass is 9.86. The molecule has 4 nitrogen and oxygen atoms in total. The van der Waals surface area contributed by atoms with Crippen molar-refractivity contribution in [2.75, 3.05) is 0 Å². The number of carbonyl (C=O) groups is 1. The molecule has 7 heteroatoms. The Morgan fingerprint density at radius 1 is 0.933 bits per heavy atom. The van der Waals surface area contributed by atoms with E-state index in [0.29, 0.717) is 12.3 Å². The topological polar surface area (TPSA) is 51.1 Å². The Morgan fingerprint density at radius 3 is 1.97 bits per heavy atom. The molecule has 0 spiro atoms. The Morgan fingerprint density at radius 2 is 1.47 bits per heavy atom. The highest BCUT2D eigenvalue weighted by Gasteiger charge is 2.31. The third-order valence-electron chi connectivity index (χ3n) is 4.83. The minimum absolute atomic E-state index is 0.158. The van der Waals surface area contributed by atoms with Gasteiger partial charge in [0, 0.05) is 24.2 Å². The average molecular weight is 414 g/mol. The molecule has 1 aromatic heterocycles. The van der Waals surface area contributed by atoms with Crippen molar-refractivity contribution in [3.8, 4) is 0 Å². The van der Waals surface area contributed by atoms with E-state index < -0.39 is 29.8 Å². The lowest BCUT2D eigenvalue weighted by Crippen LogP contribution is -2.40. The van der Waals surface area contributed by atoms with Gasteiger partial charge < -0.3 is 9.88 Å². The van der Waals surface area contributed by atoms with Gasteiger partial charge in [-0.1, -0.05) is 60.7 Å². The number of nitrogens with zero attached hydrogens (tertiary/aromatic N) is 1. The van der Waals surface area contributed by atoms with E-state index in [1.165, 1.54) is 0 Å². The first-order valence-electron chi connectivity index (χ1n) is 9.42. The summed E-state index contributed by atoms with van der Waals surface area (Å²) in [5, 5.41) is 2.83. The zero-order valence-electron chi connectivity index (χ0n) is 16.3. The second-order valence-corrected chi connectivity index (χ2v) is 7.04. The first kappa shape index (κ1) is 21.4. The lowest BCUT2D eigenvalue weighted by molar-refractivity contribution is -0.138. The maximum Gasteiger partial charge on any atom is 0.417 e. The predicted molar refractivity (Wildman–Crippen MR) is 108 cm³/mol. The first-order chi connectivity index (χ1) is 14.3. The third kappa shape index (κ3) is 5.17. The van der Waals surface area contributed by atoms with Crippen LogP contribution in [0.2, 0.25) is 0 Å². The Kier molecular flexibility index (Phi) is 6.40. The van der Waals surface area contributed by atoms with Crippen LogP contribution in [-0.4, -0.2) is 16.5 Å². The van der Waals surface area contributed by atoms with Gasteiger partial charge in [0.1, 0.15) is 6.54 Å². The third-order valence-corrected chi connectivity index (χ3v) is 4.83. The van der Waals surface area contributed by atoms with Crippen LogP contribution in [0.1, 0.15) is 29.5 Å². The van der Waals surface area contributed by atoms with E-state index in [4.69, 9.17) is 0 Å². The zero-order valence-corrected chi connectivity index (χ0v) is 16.3. The molecular formula is C23H21F3N2O2. The number of amides is 1. The normalized spacial score (nSPS) is 12.6. The molecule has 1 unspecified atom stereocenters. The number of hydrogen-bond donors (Lipinski definition) is 1. The summed E-state index contributed by atoms with van der Waals surface area (Å²) in [4.78, 5) is 24.5. The summed E-state index contributed by atoms with van der Waals surface area (Å²) < 4.78 is 39.5. The van der Waals surface area contributed by atoms with E-state index in [2.05, 4.69) is 5.32 Å². The van der Waals surface area contributed by atoms with E-state index in [1.807, 2.05) is 67.6 Å². The van der Waals surface area contributed by atoms with Crippen LogP contribution >= 0.6 is 0 Å². The Balaban J connectivity index is 1.81. The summed E-state index contributed by atoms with van der Waals surface area (Å²) in [5.74, 6) is -0.699. The fourth-order valence-electron chi connectivity index (χ4n) is 3.45. The molecule has 0 bridgehead atoms. The number of hydrogen-bond acceptors (Lipinski definition) is 2. The summed E-state index contributed by atoms with van der Waals surface area (Å²) >= 11 is 0. The van der Waals surface area contributed by atoms with Crippen LogP contribution in [0.5, 0.6) is 0 Å². The molecule has 0 saturated carbocycles. The van der Waals surface area contributed by atoms with Crippen molar-refractivity contribution in [3.63, 3.8) is 0 Å². The fraction of sp³-hybridized carbons (Fsp3) is 0.217. The predicted octanol–water partition coefficient (Wildman–Crippen LogP) is 4.20. The van der Waals surface area contributed by atoms with E-state index in [9.17, 15) is 22.8 Å². The van der Waals surface area contributed by atoms with Crippen LogP contribution in [0.4, 0.5) is 13.2 Å². The number of nitrogens with one attached hydrogen (secondary N) is 1. The summed E-state index contributed by atoms with van der Waals surface area (Å²) in [5.41, 5.74) is 0.336. The molecule has 2 aromatic carbocycles. The molecule has 3 rings (SSSR count). The quantitative estimate of drug-likeness (QED) is 0.657. The molecule has 1 amide bonds. The molecule has 0 radical (unpaired) electrons. The average Bonchev–Trinajstić information content (AvgIpc) is 2.70. The molecule has 1 N–H and O–H groups in total. The van der Waals surface area contributed by atoms with Crippen LogP contribution in [0, 0.1) is 0 Å². The van der Waals surface area contributed by atoms with Crippen LogP contribution < -0.4 is 10.9 Å². The second-order valence-electron chi connectivity index (χ2n) is 7.04. The number of pyridine rings is 1. The van der Waals surface area contributed by atoms with Gasteiger partial charge in [0.15, 0.2) is 0 Å². The van der Waals surface area contributed by atoms with Gasteiger partial charge in [-0.05, 0) is 24.1 Å². The fourth-order valence-corrected chi connectivity index (χ4v) is 3.45. The maximum absolute atomic E-state index is 12.9. The van der Waals surface area contributed by atoms with E-state index in [1.54, 1.807) is 0 Å². The SMILES string of the molecule is CC(NC(=O)Cn1cc(C(F)(F)F)ccc1=O)C(c1ccccc1)c1ccccc1. The van der Waals surface area contributed by atoms with Gasteiger partial charge in [-0.3, -0.25) is 9.59 Å². The molecule has 0 fully saturated rings. The summed E-state index contributed by atoms with van der Waals surface area (Å²) in [6.45, 7) is 1.33. The van der Waals surface area contributed by atoms with Crippen molar-refractivity contribution in [1.82, 2.24) is 9.88 Å². The molecule has 0 aliphatic heterocycles. The number of halogens is 3. The van der Waals surface area contributed by atoms with Crippen molar-refractivity contribution in [2.45, 2.75) is 31.6 Å². The lowest BCUT2D eigenvalue weighted by Gasteiger charge is -2.26. The minimum Gasteiger partial charge on any atom is -0.351 e. The summed E-state index contributed by atoms with van der Waals surface area (Å²) in [6.07, 6.45) is -3.93. The number of rotatable bonds is 6. The number of alkyl halides is 3. The van der Waals surface area contributed by atoms with Crippen LogP contribution in [0.15, 0.2) is 83.8 Å². The molecular weight excluding hydrogens is 393 g/mol. The summed E-state index contributed by atoms with van der Waals surface area (Å²) in [6, 6.07) is 20.4. The monoisotopic (exact) mass is 414 g/mol. The minimum atomic E-state index is -4.59. The largest absolute Gasteiger partial charge is 0.417 e. The van der Waals surface area contributed by atoms with Crippen molar-refractivity contribution in [3.05, 3.63) is 106 Å². The first-order valence-corrected chi connectivity index (χ1v) is 9.42. The Labute approximate surface area is 172 Å². The summed E-state index contributed by atoms with van der Waals surface area (Å²) in [7, 11) is 0. The van der Waals surface area contributed by atoms with Crippen LogP contribution in [0.25, 0.3) is 0 Å². The van der Waals surface area contributed by atoms with Crippen molar-refractivity contribution in [2.24, 2.45) is 0 Å². The van der Waals surface area contributed by atoms with Gasteiger partial charge in [0.05, 0.1) is 5.56 Å². The maximum atomic E-state index is 12.9. The standard InChI is InChI=1S/C23H21F3N2O2/c1-16(22(17-8-4-2-5-9-17)18-10-6-3-7-11-18)27-20(29)15-28-14-19(23(24,25)26)12-13-21(28)30/h2-14,16,22H,15H2,1H3,(H,27,29). The van der Waals surface area contributed by atoms with Crippen molar-refractivity contribution in [1.29, 1.82) is 0 Å². The molecule has 0 aliphatic rings. The Hall–Kier alpha value is -3.35. The number of aromatic nitrogens is 1. The molecule has 3 aromatic rings. The van der Waals surface area contributed by atoms with Gasteiger partial charge in [-0.2, -0.15) is 13.2 Å². The van der Waals surface area contributed by atoms with Gasteiger partial charge in [-0.15, -0.1) is 0 Å². The molecule has 156 valence electrons. The van der Waals surface area contributed by atoms with Gasteiger partial charge >= 0.3 is 6.18 Å². The highest BCUT2D eigenvalue weighted by molar-refractivity contribution is 5.76. The van der Waals surface area contributed by atoms with Gasteiger partial charge in [0.2, 0.25) is 5.91 Å². The number of carbonyl (C=O) groups excluding carboxylic acids is 1. The van der Waals surface area contributed by atoms with E-state index >= 15 is 0 Å². The van der Waals surface area contributed by atoms with Gasteiger partial charge in [-0.25, -0.2) is 0 Å². The van der Waals surface area contributed by atoms with Crippen LogP contribution in [-0.2, 0) is 17.5 Å². The zero-order chi connectivity index (χ0) is 21.7. The number of benzene rings is 2. The molecule has 1 heterocycles. The smallest absolute Gasteiger partial charge is 0.351 e. The molecule has 1 atom stereocenters. The highest BCUT2D eigenvalue weighted by atomic mass is 19.4. The molecule has 0 aliphatic carbocycles. The second kappa shape index (κ2) is 8.98. The highest BCUT2D eigenvalue weighted by Crippen LogP contribution is 2.29. The van der Waals surface area contributed by atoms with Gasteiger partial charge in [0.25, 0.3) is 5.56 Å². The van der Waals surface area contributed by atoms with Crippen LogP contribution in [0.3, 0.4) is 0 Å². The molecule has 30 heavy (non-hydrogen) atoms. The molecule has 0 saturated heterocycles. The van der Waals surface area contributed by atoms with Crippen molar-refractivity contribution < 1.29 is 18.0 Å². The van der Waals surface area contributed by atoms with Crippen molar-refractivity contribution >= 4 is 5.91 Å².